The van der Waals surface area contributed by atoms with Crippen LogP contribution in [-0.4, -0.2) is 62.9 Å². The van der Waals surface area contributed by atoms with Crippen LogP contribution in [0.3, 0.4) is 0 Å². The fourth-order valence-corrected chi connectivity index (χ4v) is 6.65. The van der Waals surface area contributed by atoms with Crippen molar-refractivity contribution in [2.75, 3.05) is 43.4 Å². The summed E-state index contributed by atoms with van der Waals surface area (Å²) < 4.78 is 26.3. The third kappa shape index (κ3) is 4.86. The van der Waals surface area contributed by atoms with Gasteiger partial charge in [-0.15, -0.1) is 0 Å². The van der Waals surface area contributed by atoms with Crippen LogP contribution in [0.15, 0.2) is 83.9 Å². The molecule has 1 amide bonds. The lowest BCUT2D eigenvalue weighted by atomic mass is 10.00. The number of rotatable bonds is 7. The number of sulfone groups is 1. The third-order valence-corrected chi connectivity index (χ3v) is 9.06. The van der Waals surface area contributed by atoms with Crippen molar-refractivity contribution in [2.24, 2.45) is 0 Å². The molecular weight excluding hydrogens is 510 g/mol. The zero-order chi connectivity index (χ0) is 27.0. The first-order chi connectivity index (χ1) is 18.9. The molecule has 0 aliphatic carbocycles. The minimum Gasteiger partial charge on any atom is -0.368 e. The molecule has 1 aliphatic heterocycles. The lowest BCUT2D eigenvalue weighted by molar-refractivity contribution is -0.105. The van der Waals surface area contributed by atoms with Gasteiger partial charge in [0.1, 0.15) is 5.65 Å². The summed E-state index contributed by atoms with van der Waals surface area (Å²) in [7, 11) is -1.36. The van der Waals surface area contributed by atoms with Crippen molar-refractivity contribution in [1.82, 2.24) is 14.9 Å². The maximum atomic E-state index is 13.1. The standard InChI is InChI=1S/C30H29N5O3S/c1-34-13-15-35(16-14-34)29-26(22-8-10-23(11-9-22)32-20-36)18-31-30-28(29)25-17-21(7-12-27(25)33-30)19-39(37,38)24-5-3-2-4-6-24/h2-12,17-18,20H,13-16,19H2,1H3,(H,31,33)(H,32,36). The number of anilines is 2. The summed E-state index contributed by atoms with van der Waals surface area (Å²) in [6.45, 7) is 3.60. The topological polar surface area (TPSA) is 98.4 Å². The van der Waals surface area contributed by atoms with Gasteiger partial charge in [-0.05, 0) is 54.6 Å². The quantitative estimate of drug-likeness (QED) is 0.292. The number of amides is 1. The highest BCUT2D eigenvalue weighted by molar-refractivity contribution is 7.90. The zero-order valence-electron chi connectivity index (χ0n) is 21.6. The lowest BCUT2D eigenvalue weighted by Gasteiger charge is -2.35. The number of piperazine rings is 1. The second-order valence-electron chi connectivity index (χ2n) is 9.95. The Morgan fingerprint density at radius 3 is 2.44 bits per heavy atom. The van der Waals surface area contributed by atoms with Crippen LogP contribution in [0, 0.1) is 0 Å². The number of nitrogens with one attached hydrogen (secondary N) is 2. The number of nitrogens with zero attached hydrogens (tertiary/aromatic N) is 3. The Kier molecular flexibility index (Phi) is 6.54. The van der Waals surface area contributed by atoms with Crippen LogP contribution in [0.1, 0.15) is 5.56 Å². The molecule has 198 valence electrons. The van der Waals surface area contributed by atoms with Crippen LogP contribution >= 0.6 is 0 Å². The molecule has 0 atom stereocenters. The van der Waals surface area contributed by atoms with Crippen molar-refractivity contribution in [2.45, 2.75) is 10.6 Å². The van der Waals surface area contributed by atoms with Crippen LogP contribution < -0.4 is 10.2 Å². The SMILES string of the molecule is CN1CCN(c2c(-c3ccc(NC=O)cc3)cnc3[nH]c4ccc(CS(=O)(=O)c5ccccc5)cc4c23)CC1. The average Bonchev–Trinajstić information content (AvgIpc) is 3.32. The van der Waals surface area contributed by atoms with Crippen LogP contribution in [0.4, 0.5) is 11.4 Å². The Labute approximate surface area is 227 Å². The molecule has 1 aliphatic rings. The van der Waals surface area contributed by atoms with Crippen LogP contribution in [-0.2, 0) is 20.4 Å². The molecule has 0 unspecified atom stereocenters. The van der Waals surface area contributed by atoms with E-state index >= 15 is 0 Å². The van der Waals surface area contributed by atoms with Crippen molar-refractivity contribution in [3.8, 4) is 11.1 Å². The first kappa shape index (κ1) is 25.1. The number of benzene rings is 3. The van der Waals surface area contributed by atoms with E-state index in [4.69, 9.17) is 4.98 Å². The molecule has 0 radical (unpaired) electrons. The highest BCUT2D eigenvalue weighted by Crippen LogP contribution is 2.41. The van der Waals surface area contributed by atoms with Crippen molar-refractivity contribution < 1.29 is 13.2 Å². The van der Waals surface area contributed by atoms with Gasteiger partial charge >= 0.3 is 0 Å². The van der Waals surface area contributed by atoms with E-state index in [1.54, 1.807) is 24.3 Å². The smallest absolute Gasteiger partial charge is 0.211 e. The summed E-state index contributed by atoms with van der Waals surface area (Å²) in [5.41, 5.74) is 6.20. The predicted octanol–water partition coefficient (Wildman–Crippen LogP) is 4.68. The Morgan fingerprint density at radius 2 is 1.72 bits per heavy atom. The molecule has 3 aromatic carbocycles. The molecule has 8 nitrogen and oxygen atoms in total. The molecular formula is C30H29N5O3S. The molecule has 2 aromatic heterocycles. The second-order valence-corrected chi connectivity index (χ2v) is 11.9. The summed E-state index contributed by atoms with van der Waals surface area (Å²) in [5, 5.41) is 4.63. The van der Waals surface area contributed by atoms with E-state index in [1.165, 1.54) is 0 Å². The number of pyridine rings is 1. The van der Waals surface area contributed by atoms with Gasteiger partial charge in [-0.2, -0.15) is 0 Å². The Bertz CT molecular complexity index is 1760. The normalized spacial score (nSPS) is 14.6. The maximum Gasteiger partial charge on any atom is 0.211 e. The molecule has 0 spiro atoms. The number of carbonyl (C=O) groups is 1. The number of likely N-dealkylation sites (N-methyl/N-ethyl adjacent to an activating group) is 1. The molecule has 2 N–H and O–H groups in total. The molecule has 3 heterocycles. The maximum absolute atomic E-state index is 13.1. The summed E-state index contributed by atoms with van der Waals surface area (Å²) >= 11 is 0. The number of fused-ring (bicyclic) bond motifs is 3. The number of carbonyl (C=O) groups excluding carboxylic acids is 1. The Hall–Kier alpha value is -4.21. The monoisotopic (exact) mass is 539 g/mol. The fourth-order valence-electron chi connectivity index (χ4n) is 5.29. The number of aromatic amines is 1. The second kappa shape index (κ2) is 10.2. The minimum atomic E-state index is -3.49. The molecule has 9 heteroatoms. The summed E-state index contributed by atoms with van der Waals surface area (Å²) in [6, 6.07) is 22.1. The van der Waals surface area contributed by atoms with Gasteiger partial charge in [0.15, 0.2) is 9.84 Å². The molecule has 1 fully saturated rings. The van der Waals surface area contributed by atoms with Crippen molar-refractivity contribution in [3.05, 3.63) is 84.6 Å². The predicted molar refractivity (Wildman–Crippen MR) is 156 cm³/mol. The lowest BCUT2D eigenvalue weighted by Crippen LogP contribution is -2.44. The van der Waals surface area contributed by atoms with E-state index < -0.39 is 9.84 Å². The molecule has 5 aromatic rings. The van der Waals surface area contributed by atoms with Crippen LogP contribution in [0.2, 0.25) is 0 Å². The number of hydrogen-bond acceptors (Lipinski definition) is 6. The van der Waals surface area contributed by atoms with Crippen LogP contribution in [0.5, 0.6) is 0 Å². The minimum absolute atomic E-state index is 0.0816. The number of hydrogen-bond donors (Lipinski definition) is 2. The van der Waals surface area contributed by atoms with Gasteiger partial charge < -0.3 is 20.1 Å². The molecule has 39 heavy (non-hydrogen) atoms. The summed E-state index contributed by atoms with van der Waals surface area (Å²) in [4.78, 5) is 24.2. The first-order valence-electron chi connectivity index (χ1n) is 12.9. The molecule has 0 saturated carbocycles. The Morgan fingerprint density at radius 1 is 0.974 bits per heavy atom. The van der Waals surface area contributed by atoms with Crippen molar-refractivity contribution >= 4 is 49.6 Å². The van der Waals surface area contributed by atoms with E-state index in [1.807, 2.05) is 54.7 Å². The molecule has 6 rings (SSSR count). The van der Waals surface area contributed by atoms with E-state index in [0.29, 0.717) is 11.3 Å². The van der Waals surface area contributed by atoms with Gasteiger partial charge in [0.25, 0.3) is 0 Å². The van der Waals surface area contributed by atoms with Crippen molar-refractivity contribution in [1.29, 1.82) is 0 Å². The zero-order valence-corrected chi connectivity index (χ0v) is 22.4. The van der Waals surface area contributed by atoms with E-state index in [2.05, 4.69) is 27.1 Å². The number of aromatic nitrogens is 2. The van der Waals surface area contributed by atoms with Gasteiger partial charge in [0.2, 0.25) is 6.41 Å². The van der Waals surface area contributed by atoms with Gasteiger partial charge in [0, 0.05) is 54.5 Å². The van der Waals surface area contributed by atoms with Crippen molar-refractivity contribution in [3.63, 3.8) is 0 Å². The molecule has 0 bridgehead atoms. The number of H-pyrrole nitrogens is 1. The van der Waals surface area contributed by atoms with E-state index in [0.717, 1.165) is 76.2 Å². The summed E-state index contributed by atoms with van der Waals surface area (Å²) in [5.74, 6) is -0.0816. The van der Waals surface area contributed by atoms with Gasteiger partial charge in [0.05, 0.1) is 21.7 Å². The van der Waals surface area contributed by atoms with Gasteiger partial charge in [-0.3, -0.25) is 4.79 Å². The fraction of sp³-hybridized carbons (Fsp3) is 0.200. The first-order valence-corrected chi connectivity index (χ1v) is 14.5. The third-order valence-electron chi connectivity index (χ3n) is 7.36. The highest BCUT2D eigenvalue weighted by atomic mass is 32.2. The van der Waals surface area contributed by atoms with E-state index in [-0.39, 0.29) is 5.75 Å². The van der Waals surface area contributed by atoms with Gasteiger partial charge in [-0.25, -0.2) is 13.4 Å². The molecule has 1 saturated heterocycles. The van der Waals surface area contributed by atoms with Crippen LogP contribution in [0.25, 0.3) is 33.1 Å². The van der Waals surface area contributed by atoms with Gasteiger partial charge in [-0.1, -0.05) is 36.4 Å². The average molecular weight is 540 g/mol. The summed E-state index contributed by atoms with van der Waals surface area (Å²) in [6.07, 6.45) is 2.56. The Balaban J connectivity index is 1.51. The largest absolute Gasteiger partial charge is 0.368 e. The highest BCUT2D eigenvalue weighted by Gasteiger charge is 2.24. The van der Waals surface area contributed by atoms with E-state index in [9.17, 15) is 13.2 Å².